The van der Waals surface area contributed by atoms with Crippen LogP contribution in [0, 0.1) is 0 Å². The van der Waals surface area contributed by atoms with Crippen molar-refractivity contribution in [1.29, 1.82) is 0 Å². The van der Waals surface area contributed by atoms with Crippen LogP contribution in [-0.2, 0) is 26.0 Å². The molecule has 0 aliphatic rings. The Labute approximate surface area is 45.8 Å². The third-order valence-corrected chi connectivity index (χ3v) is 0.816. The van der Waals surface area contributed by atoms with E-state index in [9.17, 15) is 0 Å². The van der Waals surface area contributed by atoms with Crippen molar-refractivity contribution < 1.29 is 4.18 Å². The highest BCUT2D eigenvalue weighted by molar-refractivity contribution is 8.15. The second kappa shape index (κ2) is 5.27. The van der Waals surface area contributed by atoms with Gasteiger partial charge in [-0.05, 0) is 21.8 Å². The topological polar surface area (TPSA) is 9.23 Å². The summed E-state index contributed by atoms with van der Waals surface area (Å²) in [6, 6.07) is 0. The molecule has 36 valence electrons. The average Bonchev–Trinajstić information content (AvgIpc) is 1.61. The summed E-state index contributed by atoms with van der Waals surface area (Å²) in [5.74, 6) is 0. The van der Waals surface area contributed by atoms with Crippen LogP contribution < -0.4 is 0 Å². The van der Waals surface area contributed by atoms with Crippen LogP contribution in [0.3, 0.4) is 0 Å². The van der Waals surface area contributed by atoms with Crippen LogP contribution in [0.2, 0.25) is 0 Å². The first-order valence-corrected chi connectivity index (χ1v) is 3.30. The van der Waals surface area contributed by atoms with Crippen molar-refractivity contribution in [3.63, 3.8) is 0 Å². The molecule has 0 amide bonds. The molecule has 0 rings (SSSR count). The third kappa shape index (κ3) is 4.27. The molecule has 0 radical (unpaired) electrons. The molecule has 6 heavy (non-hydrogen) atoms. The van der Waals surface area contributed by atoms with Crippen LogP contribution in [0.4, 0.5) is 0 Å². The van der Waals surface area contributed by atoms with Gasteiger partial charge in [-0.2, -0.15) is 0 Å². The van der Waals surface area contributed by atoms with Crippen molar-refractivity contribution in [3.05, 3.63) is 12.7 Å². The van der Waals surface area contributed by atoms with Gasteiger partial charge in [-0.1, -0.05) is 6.08 Å². The van der Waals surface area contributed by atoms with E-state index in [1.165, 1.54) is 0 Å². The number of thiol groups is 1. The Hall–Kier alpha value is 0.270. The standard InChI is InChI=1S/C3H6OS2/c1-2-3-4-6-5/h2,6H,1,3H2. The lowest BCUT2D eigenvalue weighted by atomic mass is 10.7. The van der Waals surface area contributed by atoms with E-state index in [2.05, 4.69) is 22.0 Å². The second-order valence-electron chi connectivity index (χ2n) is 0.659. The van der Waals surface area contributed by atoms with Crippen LogP contribution >= 0.6 is 0 Å². The number of rotatable bonds is 3. The molecule has 0 aromatic heterocycles. The maximum atomic E-state index is 4.65. The first-order chi connectivity index (χ1) is 2.91. The van der Waals surface area contributed by atoms with Gasteiger partial charge in [0.05, 0.1) is 6.61 Å². The largest absolute Gasteiger partial charge is 0.311 e. The van der Waals surface area contributed by atoms with Crippen LogP contribution in [0.5, 0.6) is 0 Å². The summed E-state index contributed by atoms with van der Waals surface area (Å²) in [7, 11) is 0.557. The van der Waals surface area contributed by atoms with E-state index in [1.54, 1.807) is 6.08 Å². The third-order valence-electron chi connectivity index (χ3n) is 0.245. The molecule has 0 saturated carbocycles. The molecule has 0 aliphatic heterocycles. The Bertz CT molecular complexity index is 44.8. The van der Waals surface area contributed by atoms with Gasteiger partial charge < -0.3 is 4.18 Å². The fourth-order valence-corrected chi connectivity index (χ4v) is 0.432. The second-order valence-corrected chi connectivity index (χ2v) is 1.51. The van der Waals surface area contributed by atoms with Crippen molar-refractivity contribution in [1.82, 2.24) is 0 Å². The maximum Gasteiger partial charge on any atom is 0.0792 e. The number of hydrogen-bond donors (Lipinski definition) is 1. The average molecular weight is 122 g/mol. The molecule has 0 aliphatic carbocycles. The van der Waals surface area contributed by atoms with Gasteiger partial charge in [0.2, 0.25) is 0 Å². The lowest BCUT2D eigenvalue weighted by Gasteiger charge is -1.81. The summed E-state index contributed by atoms with van der Waals surface area (Å²) in [6.07, 6.45) is 1.67. The van der Waals surface area contributed by atoms with Crippen LogP contribution in [0.25, 0.3) is 0 Å². The molecule has 0 spiro atoms. The molecule has 3 heteroatoms. The zero-order chi connectivity index (χ0) is 4.83. The molecular weight excluding hydrogens is 116 g/mol. The van der Waals surface area contributed by atoms with E-state index >= 15 is 0 Å². The van der Waals surface area contributed by atoms with E-state index in [0.29, 0.717) is 17.2 Å². The Balaban J connectivity index is 2.66. The SMILES string of the molecule is C=CCO[SH]=S. The van der Waals surface area contributed by atoms with E-state index in [0.717, 1.165) is 0 Å². The molecule has 0 heterocycles. The van der Waals surface area contributed by atoms with E-state index in [-0.39, 0.29) is 0 Å². The molecule has 0 unspecified atom stereocenters. The van der Waals surface area contributed by atoms with Gasteiger partial charge in [0.1, 0.15) is 0 Å². The van der Waals surface area contributed by atoms with Gasteiger partial charge in [0.15, 0.2) is 0 Å². The van der Waals surface area contributed by atoms with Crippen LogP contribution in [-0.4, -0.2) is 6.61 Å². The first-order valence-electron chi connectivity index (χ1n) is 1.47. The summed E-state index contributed by atoms with van der Waals surface area (Å²) in [4.78, 5) is 0. The van der Waals surface area contributed by atoms with Gasteiger partial charge >= 0.3 is 0 Å². The van der Waals surface area contributed by atoms with Gasteiger partial charge in [-0.15, -0.1) is 6.58 Å². The van der Waals surface area contributed by atoms with E-state index in [4.69, 9.17) is 0 Å². The minimum absolute atomic E-state index is 0.557. The quantitative estimate of drug-likeness (QED) is 0.329. The van der Waals surface area contributed by atoms with Gasteiger partial charge in [-0.3, -0.25) is 0 Å². The Morgan fingerprint density at radius 1 is 2.00 bits per heavy atom. The molecule has 0 atom stereocenters. The zero-order valence-corrected chi connectivity index (χ0v) is 4.97. The van der Waals surface area contributed by atoms with Crippen molar-refractivity contribution in [2.75, 3.05) is 6.61 Å². The lowest BCUT2D eigenvalue weighted by molar-refractivity contribution is 0.434. The highest BCUT2D eigenvalue weighted by atomic mass is 32.8. The monoisotopic (exact) mass is 122 g/mol. The minimum atomic E-state index is 0.557. The predicted octanol–water partition coefficient (Wildman–Crippen LogP) is 0.381. The molecule has 0 N–H and O–H groups in total. The maximum absolute atomic E-state index is 4.65. The van der Waals surface area contributed by atoms with Crippen LogP contribution in [0.1, 0.15) is 0 Å². The van der Waals surface area contributed by atoms with Gasteiger partial charge in [0, 0.05) is 0 Å². The van der Waals surface area contributed by atoms with E-state index < -0.39 is 0 Å². The van der Waals surface area contributed by atoms with Crippen molar-refractivity contribution >= 4 is 21.8 Å². The Kier molecular flexibility index (Phi) is 5.51. The molecule has 0 aromatic carbocycles. The molecule has 0 bridgehead atoms. The summed E-state index contributed by atoms with van der Waals surface area (Å²) in [5.41, 5.74) is 0. The number of hydrogen-bond acceptors (Lipinski definition) is 2. The zero-order valence-electron chi connectivity index (χ0n) is 3.26. The fraction of sp³-hybridized carbons (Fsp3) is 0.333. The lowest BCUT2D eigenvalue weighted by Crippen LogP contribution is -1.77. The first kappa shape index (κ1) is 6.27. The van der Waals surface area contributed by atoms with Crippen LogP contribution in [0.15, 0.2) is 12.7 Å². The molecular formula is C3H6OS2. The molecule has 0 fully saturated rings. The van der Waals surface area contributed by atoms with Gasteiger partial charge in [0.25, 0.3) is 0 Å². The normalized spacial score (nSPS) is 8.00. The molecule has 0 aromatic rings. The highest BCUT2D eigenvalue weighted by Crippen LogP contribution is 1.66. The van der Waals surface area contributed by atoms with Crippen molar-refractivity contribution in [3.8, 4) is 0 Å². The minimum Gasteiger partial charge on any atom is -0.311 e. The smallest absolute Gasteiger partial charge is 0.0792 e. The Morgan fingerprint density at radius 3 is 2.83 bits per heavy atom. The summed E-state index contributed by atoms with van der Waals surface area (Å²) in [6.45, 7) is 3.98. The predicted molar refractivity (Wildman–Crippen MR) is 32.3 cm³/mol. The van der Waals surface area contributed by atoms with Crippen molar-refractivity contribution in [2.45, 2.75) is 0 Å². The summed E-state index contributed by atoms with van der Waals surface area (Å²) < 4.78 is 4.65. The fourth-order valence-electron chi connectivity index (χ4n) is 0.0831. The summed E-state index contributed by atoms with van der Waals surface area (Å²) in [5, 5.41) is 0. The van der Waals surface area contributed by atoms with E-state index in [1.807, 2.05) is 0 Å². The summed E-state index contributed by atoms with van der Waals surface area (Å²) >= 11 is 4.42. The molecule has 1 nitrogen and oxygen atoms in total. The van der Waals surface area contributed by atoms with Gasteiger partial charge in [-0.25, -0.2) is 0 Å². The van der Waals surface area contributed by atoms with Crippen molar-refractivity contribution in [2.24, 2.45) is 0 Å². The molecule has 0 saturated heterocycles. The Morgan fingerprint density at radius 2 is 2.67 bits per heavy atom. The highest BCUT2D eigenvalue weighted by Gasteiger charge is 1.63.